The van der Waals surface area contributed by atoms with Crippen molar-refractivity contribution in [2.75, 3.05) is 14.2 Å². The second-order valence-corrected chi connectivity index (χ2v) is 8.08. The molecule has 7 heteroatoms. The van der Waals surface area contributed by atoms with Gasteiger partial charge in [-0.2, -0.15) is 0 Å². The minimum atomic E-state index is -0.336. The van der Waals surface area contributed by atoms with E-state index in [2.05, 4.69) is 20.9 Å². The minimum absolute atomic E-state index is 0.184. The Morgan fingerprint density at radius 1 is 1.03 bits per heavy atom. The average molecular weight is 485 g/mol. The van der Waals surface area contributed by atoms with Crippen molar-refractivity contribution in [2.24, 2.45) is 0 Å². The van der Waals surface area contributed by atoms with Gasteiger partial charge in [0.15, 0.2) is 0 Å². The molecule has 0 fully saturated rings. The highest BCUT2D eigenvalue weighted by molar-refractivity contribution is 9.10. The number of carbonyl (C=O) groups is 1. The summed E-state index contributed by atoms with van der Waals surface area (Å²) in [6.45, 7) is 3.67. The second-order valence-electron chi connectivity index (χ2n) is 7.22. The number of aromatic nitrogens is 2. The molecule has 0 aliphatic carbocycles. The van der Waals surface area contributed by atoms with Gasteiger partial charge in [0.25, 0.3) is 0 Å². The van der Waals surface area contributed by atoms with Crippen molar-refractivity contribution >= 4 is 21.9 Å². The summed E-state index contributed by atoms with van der Waals surface area (Å²) in [6.07, 6.45) is 2.50. The van der Waals surface area contributed by atoms with Crippen LogP contribution in [0.25, 0.3) is 0 Å². The highest BCUT2D eigenvalue weighted by Gasteiger charge is 2.16. The monoisotopic (exact) mass is 484 g/mol. The molecule has 1 aromatic heterocycles. The van der Waals surface area contributed by atoms with Crippen LogP contribution in [-0.4, -0.2) is 36.3 Å². The first-order valence-electron chi connectivity index (χ1n) is 9.91. The highest BCUT2D eigenvalue weighted by Crippen LogP contribution is 2.27. The fourth-order valence-electron chi connectivity index (χ4n) is 3.17. The van der Waals surface area contributed by atoms with Gasteiger partial charge in [-0.25, -0.2) is 14.8 Å². The summed E-state index contributed by atoms with van der Waals surface area (Å²) in [4.78, 5) is 21.7. The molecular formula is C24H25BrN2O4. The normalized spacial score (nSPS) is 10.8. The zero-order valence-electron chi connectivity index (χ0n) is 18.0. The van der Waals surface area contributed by atoms with Gasteiger partial charge in [0.05, 0.1) is 36.1 Å². The third-order valence-electron chi connectivity index (χ3n) is 4.64. The maximum absolute atomic E-state index is 12.5. The summed E-state index contributed by atoms with van der Waals surface area (Å²) in [5.41, 5.74) is 3.10. The van der Waals surface area contributed by atoms with Gasteiger partial charge in [-0.05, 0) is 59.6 Å². The quantitative estimate of drug-likeness (QED) is 0.418. The SMILES string of the molecule is COc1ccc(OC)c(Cc2ncc(Br)c(Cc3ccccc3C(=O)OC(C)C)n2)c1. The first kappa shape index (κ1) is 22.7. The van der Waals surface area contributed by atoms with Gasteiger partial charge in [-0.15, -0.1) is 0 Å². The fraction of sp³-hybridized carbons (Fsp3) is 0.292. The van der Waals surface area contributed by atoms with E-state index in [-0.39, 0.29) is 12.1 Å². The van der Waals surface area contributed by atoms with Crippen molar-refractivity contribution in [1.82, 2.24) is 9.97 Å². The molecule has 6 nitrogen and oxygen atoms in total. The zero-order valence-corrected chi connectivity index (χ0v) is 19.6. The number of rotatable bonds is 8. The second kappa shape index (κ2) is 10.4. The zero-order chi connectivity index (χ0) is 22.4. The predicted octanol–water partition coefficient (Wildman–Crippen LogP) is 5.00. The summed E-state index contributed by atoms with van der Waals surface area (Å²) in [5, 5.41) is 0. The molecule has 0 saturated heterocycles. The number of nitrogens with zero attached hydrogens (tertiary/aromatic N) is 2. The van der Waals surface area contributed by atoms with Crippen LogP contribution in [0.3, 0.4) is 0 Å². The number of carbonyl (C=O) groups excluding carboxylic acids is 1. The van der Waals surface area contributed by atoms with Gasteiger partial charge in [0.2, 0.25) is 0 Å². The molecule has 0 atom stereocenters. The molecule has 162 valence electrons. The standard InChI is InChI=1S/C24H25BrN2O4/c1-15(2)31-24(28)19-8-6-5-7-16(19)12-21-20(25)14-26-23(27-21)13-17-11-18(29-3)9-10-22(17)30-4/h5-11,14-15H,12-13H2,1-4H3. The minimum Gasteiger partial charge on any atom is -0.497 e. The number of hydrogen-bond donors (Lipinski definition) is 0. The number of esters is 1. The Morgan fingerprint density at radius 2 is 1.81 bits per heavy atom. The van der Waals surface area contributed by atoms with Crippen molar-refractivity contribution in [2.45, 2.75) is 32.8 Å². The molecule has 0 amide bonds. The van der Waals surface area contributed by atoms with Crippen LogP contribution in [0.1, 0.15) is 46.9 Å². The van der Waals surface area contributed by atoms with Crippen LogP contribution < -0.4 is 9.47 Å². The van der Waals surface area contributed by atoms with Gasteiger partial charge in [0, 0.05) is 24.6 Å². The molecule has 0 spiro atoms. The van der Waals surface area contributed by atoms with Gasteiger partial charge in [-0.3, -0.25) is 0 Å². The molecular weight excluding hydrogens is 460 g/mol. The average Bonchev–Trinajstić information content (AvgIpc) is 2.76. The van der Waals surface area contributed by atoms with Crippen molar-refractivity contribution in [3.63, 3.8) is 0 Å². The van der Waals surface area contributed by atoms with E-state index in [0.717, 1.165) is 32.8 Å². The maximum atomic E-state index is 12.5. The topological polar surface area (TPSA) is 70.5 Å². The lowest BCUT2D eigenvalue weighted by Gasteiger charge is -2.13. The van der Waals surface area contributed by atoms with Crippen molar-refractivity contribution < 1.29 is 19.0 Å². The lowest BCUT2D eigenvalue weighted by atomic mass is 10.0. The molecule has 0 aliphatic rings. The molecule has 0 saturated carbocycles. The Kier molecular flexibility index (Phi) is 7.63. The molecule has 0 unspecified atom stereocenters. The molecule has 0 N–H and O–H groups in total. The molecule has 0 radical (unpaired) electrons. The van der Waals surface area contributed by atoms with E-state index in [9.17, 15) is 4.79 Å². The Labute approximate surface area is 190 Å². The van der Waals surface area contributed by atoms with Crippen molar-refractivity contribution in [3.8, 4) is 11.5 Å². The van der Waals surface area contributed by atoms with Crippen molar-refractivity contribution in [1.29, 1.82) is 0 Å². The van der Waals surface area contributed by atoms with Gasteiger partial charge < -0.3 is 14.2 Å². The van der Waals surface area contributed by atoms with E-state index in [1.165, 1.54) is 0 Å². The smallest absolute Gasteiger partial charge is 0.338 e. The number of methoxy groups -OCH3 is 2. The van der Waals surface area contributed by atoms with E-state index in [0.29, 0.717) is 24.2 Å². The van der Waals surface area contributed by atoms with Crippen LogP contribution in [0.15, 0.2) is 53.1 Å². The summed E-state index contributed by atoms with van der Waals surface area (Å²) in [6, 6.07) is 13.1. The lowest BCUT2D eigenvalue weighted by Crippen LogP contribution is -2.14. The van der Waals surface area contributed by atoms with Gasteiger partial charge in [-0.1, -0.05) is 18.2 Å². The summed E-state index contributed by atoms with van der Waals surface area (Å²) < 4.78 is 17.0. The lowest BCUT2D eigenvalue weighted by molar-refractivity contribution is 0.0377. The van der Waals surface area contributed by atoms with E-state index in [1.807, 2.05) is 50.2 Å². The number of benzene rings is 2. The first-order chi connectivity index (χ1) is 14.9. The third-order valence-corrected chi connectivity index (χ3v) is 5.30. The van der Waals surface area contributed by atoms with Crippen LogP contribution in [0.4, 0.5) is 0 Å². The largest absolute Gasteiger partial charge is 0.497 e. The molecule has 1 heterocycles. The van der Waals surface area contributed by atoms with E-state index in [4.69, 9.17) is 19.2 Å². The molecule has 3 rings (SSSR count). The molecule has 2 aromatic carbocycles. The fourth-order valence-corrected chi connectivity index (χ4v) is 3.51. The summed E-state index contributed by atoms with van der Waals surface area (Å²) >= 11 is 3.54. The molecule has 0 aliphatic heterocycles. The van der Waals surface area contributed by atoms with Crippen LogP contribution in [-0.2, 0) is 17.6 Å². The van der Waals surface area contributed by atoms with Crippen LogP contribution >= 0.6 is 15.9 Å². The molecule has 3 aromatic rings. The van der Waals surface area contributed by atoms with Crippen molar-refractivity contribution in [3.05, 3.63) is 81.3 Å². The molecule has 31 heavy (non-hydrogen) atoms. The summed E-state index contributed by atoms with van der Waals surface area (Å²) in [7, 11) is 3.26. The number of hydrogen-bond acceptors (Lipinski definition) is 6. The van der Waals surface area contributed by atoms with Crippen LogP contribution in [0.5, 0.6) is 11.5 Å². The Bertz CT molecular complexity index is 1070. The van der Waals surface area contributed by atoms with Gasteiger partial charge in [0.1, 0.15) is 17.3 Å². The Morgan fingerprint density at radius 3 is 2.52 bits per heavy atom. The highest BCUT2D eigenvalue weighted by atomic mass is 79.9. The van der Waals surface area contributed by atoms with Crippen LogP contribution in [0, 0.1) is 0 Å². The predicted molar refractivity (Wildman–Crippen MR) is 122 cm³/mol. The Balaban J connectivity index is 1.89. The number of halogens is 1. The van der Waals surface area contributed by atoms with E-state index >= 15 is 0 Å². The molecule has 0 bridgehead atoms. The Hall–Kier alpha value is -2.93. The van der Waals surface area contributed by atoms with E-state index < -0.39 is 0 Å². The maximum Gasteiger partial charge on any atom is 0.338 e. The third kappa shape index (κ3) is 5.82. The van der Waals surface area contributed by atoms with Crippen LogP contribution in [0.2, 0.25) is 0 Å². The van der Waals surface area contributed by atoms with Gasteiger partial charge >= 0.3 is 5.97 Å². The number of ether oxygens (including phenoxy) is 3. The first-order valence-corrected chi connectivity index (χ1v) is 10.7. The summed E-state index contributed by atoms with van der Waals surface area (Å²) in [5.74, 6) is 1.80. The van der Waals surface area contributed by atoms with E-state index in [1.54, 1.807) is 26.5 Å².